The third kappa shape index (κ3) is 18.3. The molecular formula is C33H54N2O3S. The fourth-order valence-corrected chi connectivity index (χ4v) is 4.10. The van der Waals surface area contributed by atoms with Crippen molar-refractivity contribution in [1.82, 2.24) is 4.90 Å². The Morgan fingerprint density at radius 2 is 1.74 bits per heavy atom. The summed E-state index contributed by atoms with van der Waals surface area (Å²) in [4.78, 5) is 29.8. The highest BCUT2D eigenvalue weighted by atomic mass is 32.2. The lowest BCUT2D eigenvalue weighted by Crippen LogP contribution is -2.38. The molecule has 0 radical (unpaired) electrons. The summed E-state index contributed by atoms with van der Waals surface area (Å²) in [5, 5.41) is 2.10. The van der Waals surface area contributed by atoms with Gasteiger partial charge in [0.25, 0.3) is 0 Å². The van der Waals surface area contributed by atoms with Gasteiger partial charge < -0.3 is 9.64 Å². The summed E-state index contributed by atoms with van der Waals surface area (Å²) in [6, 6.07) is 5.65. The Hall–Kier alpha value is -2.60. The van der Waals surface area contributed by atoms with Crippen molar-refractivity contribution in [3.63, 3.8) is 0 Å². The molecule has 1 heterocycles. The Kier molecular flexibility index (Phi) is 25.4. The van der Waals surface area contributed by atoms with Crippen molar-refractivity contribution in [1.29, 1.82) is 0 Å². The van der Waals surface area contributed by atoms with E-state index in [9.17, 15) is 9.59 Å². The molecule has 1 aliphatic heterocycles. The summed E-state index contributed by atoms with van der Waals surface area (Å²) >= 11 is 1.63. The van der Waals surface area contributed by atoms with Crippen molar-refractivity contribution in [2.75, 3.05) is 19.7 Å². The van der Waals surface area contributed by atoms with Crippen LogP contribution in [0.5, 0.6) is 0 Å². The van der Waals surface area contributed by atoms with Crippen molar-refractivity contribution in [3.8, 4) is 0 Å². The molecule has 1 fully saturated rings. The van der Waals surface area contributed by atoms with Crippen LogP contribution in [-0.4, -0.2) is 42.7 Å². The largest absolute Gasteiger partial charge is 0.450 e. The molecule has 0 spiro atoms. The van der Waals surface area contributed by atoms with Crippen molar-refractivity contribution in [3.05, 3.63) is 59.0 Å². The van der Waals surface area contributed by atoms with Crippen molar-refractivity contribution >= 4 is 35.5 Å². The molecule has 1 aromatic carbocycles. The van der Waals surface area contributed by atoms with Gasteiger partial charge in [-0.15, -0.1) is 0 Å². The molecule has 2 rings (SSSR count). The number of rotatable bonds is 9. The quantitative estimate of drug-likeness (QED) is 0.131. The fourth-order valence-electron chi connectivity index (χ4n) is 3.34. The molecule has 1 aromatic rings. The van der Waals surface area contributed by atoms with E-state index in [2.05, 4.69) is 37.2 Å². The van der Waals surface area contributed by atoms with Gasteiger partial charge in [0.15, 0.2) is 0 Å². The molecular weight excluding hydrogens is 504 g/mol. The monoisotopic (exact) mass is 558 g/mol. The molecule has 5 nitrogen and oxygen atoms in total. The molecule has 0 bridgehead atoms. The summed E-state index contributed by atoms with van der Waals surface area (Å²) in [6.07, 6.45) is 13.1. The molecule has 0 atom stereocenters. The van der Waals surface area contributed by atoms with Crippen molar-refractivity contribution in [2.24, 2.45) is 10.9 Å². The Morgan fingerprint density at radius 1 is 1.10 bits per heavy atom. The predicted octanol–water partition coefficient (Wildman–Crippen LogP) is 10.4. The van der Waals surface area contributed by atoms with Crippen LogP contribution in [0.15, 0.2) is 63.4 Å². The van der Waals surface area contributed by atoms with E-state index in [4.69, 9.17) is 4.74 Å². The molecule has 6 heteroatoms. The van der Waals surface area contributed by atoms with Crippen LogP contribution in [0.25, 0.3) is 0 Å². The number of benzene rings is 1. The number of carbonyl (C=O) groups is 2. The third-order valence-electron chi connectivity index (χ3n) is 5.39. The van der Waals surface area contributed by atoms with Crippen molar-refractivity contribution < 1.29 is 14.3 Å². The zero-order chi connectivity index (χ0) is 30.1. The van der Waals surface area contributed by atoms with E-state index in [0.29, 0.717) is 12.2 Å². The highest BCUT2D eigenvalue weighted by Gasteiger charge is 2.20. The number of allylic oxidation sites excluding steroid dienone is 5. The average molecular weight is 559 g/mol. The van der Waals surface area contributed by atoms with Gasteiger partial charge in [0.2, 0.25) is 0 Å². The van der Waals surface area contributed by atoms with Crippen LogP contribution < -0.4 is 0 Å². The first-order valence-corrected chi connectivity index (χ1v) is 15.4. The average Bonchev–Trinajstić information content (AvgIpc) is 2.95. The minimum Gasteiger partial charge on any atom is -0.450 e. The Bertz CT molecular complexity index is 912. The van der Waals surface area contributed by atoms with Crippen LogP contribution in [-0.2, 0) is 4.74 Å². The molecule has 0 aromatic heterocycles. The molecule has 0 saturated carbocycles. The van der Waals surface area contributed by atoms with E-state index in [1.54, 1.807) is 16.7 Å². The van der Waals surface area contributed by atoms with Gasteiger partial charge in [-0.1, -0.05) is 90.1 Å². The van der Waals surface area contributed by atoms with Gasteiger partial charge in [0, 0.05) is 29.3 Å². The van der Waals surface area contributed by atoms with E-state index in [-0.39, 0.29) is 6.09 Å². The summed E-state index contributed by atoms with van der Waals surface area (Å²) in [6.45, 7) is 22.5. The number of thioether (sulfide) groups is 1. The minimum absolute atomic E-state index is 0.149. The first-order valence-electron chi connectivity index (χ1n) is 14.5. The Balaban J connectivity index is 0. The fraction of sp³-hybridized carbons (Fsp3) is 0.545. The van der Waals surface area contributed by atoms with Gasteiger partial charge in [0.1, 0.15) is 6.29 Å². The van der Waals surface area contributed by atoms with Gasteiger partial charge in [-0.2, -0.15) is 0 Å². The zero-order valence-corrected chi connectivity index (χ0v) is 27.1. The molecule has 0 unspecified atom stereocenters. The van der Waals surface area contributed by atoms with Gasteiger partial charge in [-0.05, 0) is 76.0 Å². The second-order valence-corrected chi connectivity index (χ2v) is 9.59. The first-order chi connectivity index (χ1) is 18.8. The molecule has 0 aliphatic carbocycles. The van der Waals surface area contributed by atoms with Crippen LogP contribution in [0.4, 0.5) is 10.5 Å². The number of ether oxygens (including phenoxy) is 1. The SMILES string of the molecule is CC.CC.CCOC(=O)N1CCC(C)CC1.C\C=C/C=C\C(C)=C\Sc1ccc(C=O)cc1N=C(C)CCC. The Labute approximate surface area is 243 Å². The Morgan fingerprint density at radius 3 is 2.28 bits per heavy atom. The molecule has 1 saturated heterocycles. The number of nitrogens with zero attached hydrogens (tertiary/aromatic N) is 2. The maximum atomic E-state index is 11.2. The second-order valence-electron chi connectivity index (χ2n) is 8.68. The zero-order valence-electron chi connectivity index (χ0n) is 26.3. The van der Waals surface area contributed by atoms with Crippen LogP contribution in [0.3, 0.4) is 0 Å². The summed E-state index contributed by atoms with van der Waals surface area (Å²) in [5.74, 6) is 0.760. The highest BCUT2D eigenvalue weighted by Crippen LogP contribution is 2.32. The summed E-state index contributed by atoms with van der Waals surface area (Å²) in [5.41, 5.74) is 3.79. The minimum atomic E-state index is -0.149. The maximum Gasteiger partial charge on any atom is 0.409 e. The first kappa shape index (κ1) is 38.5. The van der Waals surface area contributed by atoms with E-state index in [1.165, 1.54) is 5.57 Å². The lowest BCUT2D eigenvalue weighted by atomic mass is 10.00. The predicted molar refractivity (Wildman–Crippen MR) is 173 cm³/mol. The van der Waals surface area contributed by atoms with E-state index < -0.39 is 0 Å². The van der Waals surface area contributed by atoms with Crippen molar-refractivity contribution in [2.45, 2.75) is 99.8 Å². The molecule has 1 aliphatic rings. The normalized spacial score (nSPS) is 14.1. The molecule has 220 valence electrons. The summed E-state index contributed by atoms with van der Waals surface area (Å²) < 4.78 is 4.90. The van der Waals surface area contributed by atoms with Gasteiger partial charge in [0.05, 0.1) is 12.3 Å². The lowest BCUT2D eigenvalue weighted by Gasteiger charge is -2.29. The lowest BCUT2D eigenvalue weighted by molar-refractivity contribution is 0.0934. The third-order valence-corrected chi connectivity index (χ3v) is 6.48. The highest BCUT2D eigenvalue weighted by molar-refractivity contribution is 8.02. The molecule has 39 heavy (non-hydrogen) atoms. The van der Waals surface area contributed by atoms with Crippen LogP contribution in [0, 0.1) is 5.92 Å². The van der Waals surface area contributed by atoms with E-state index >= 15 is 0 Å². The second kappa shape index (κ2) is 25.7. The number of likely N-dealkylation sites (tertiary alicyclic amines) is 1. The van der Waals surface area contributed by atoms with Crippen LogP contribution in [0.1, 0.15) is 105 Å². The number of hydrogen-bond donors (Lipinski definition) is 0. The van der Waals surface area contributed by atoms with Gasteiger partial charge in [-0.25, -0.2) is 4.79 Å². The van der Waals surface area contributed by atoms with Crippen LogP contribution >= 0.6 is 11.8 Å². The van der Waals surface area contributed by atoms with Crippen LogP contribution in [0.2, 0.25) is 0 Å². The number of amides is 1. The number of aldehydes is 1. The number of carbonyl (C=O) groups excluding carboxylic acids is 2. The standard InChI is InChI=1S/C20H25NOS.C9H17NO2.2C2H6/c1-5-7-8-10-16(3)15-23-20-12-11-18(14-22)13-19(20)21-17(4)9-6-2;1-3-12-9(11)10-6-4-8(2)5-7-10;2*1-2/h5,7-8,10-15H,6,9H2,1-4H3;8H,3-7H2,1-2H3;2*1-2H3/b7-5-,10-8-,16-15+,21-17?;;;. The smallest absolute Gasteiger partial charge is 0.409 e. The van der Waals surface area contributed by atoms with E-state index in [1.807, 2.05) is 84.9 Å². The molecule has 1 amide bonds. The maximum absolute atomic E-state index is 11.2. The molecule has 0 N–H and O–H groups in total. The summed E-state index contributed by atoms with van der Waals surface area (Å²) in [7, 11) is 0. The van der Waals surface area contributed by atoms with Gasteiger partial charge in [-0.3, -0.25) is 9.79 Å². The number of aliphatic imine (C=N–C) groups is 1. The topological polar surface area (TPSA) is 59.0 Å². The van der Waals surface area contributed by atoms with Gasteiger partial charge >= 0.3 is 6.09 Å². The van der Waals surface area contributed by atoms with E-state index in [0.717, 1.165) is 67.3 Å². The number of hydrogen-bond acceptors (Lipinski definition) is 5. The number of piperidine rings is 1.